The number of carbonyl (C=O) groups excluding carboxylic acids is 2. The van der Waals surface area contributed by atoms with Gasteiger partial charge in [0.15, 0.2) is 11.6 Å². The van der Waals surface area contributed by atoms with Gasteiger partial charge in [-0.3, -0.25) is 9.59 Å². The van der Waals surface area contributed by atoms with E-state index in [1.54, 1.807) is 4.90 Å². The van der Waals surface area contributed by atoms with Crippen LogP contribution in [0.4, 0.5) is 17.3 Å². The Labute approximate surface area is 209 Å². The van der Waals surface area contributed by atoms with Crippen LogP contribution in [0.3, 0.4) is 0 Å². The molecule has 3 aliphatic rings. The van der Waals surface area contributed by atoms with Crippen molar-refractivity contribution in [3.05, 3.63) is 40.9 Å². The number of benzene rings is 1. The third-order valence-electron chi connectivity index (χ3n) is 7.24. The smallest absolute Gasteiger partial charge is 0.228 e. The van der Waals surface area contributed by atoms with Crippen LogP contribution in [-0.2, 0) is 9.59 Å². The zero-order valence-electron chi connectivity index (χ0n) is 19.6. The fourth-order valence-corrected chi connectivity index (χ4v) is 5.65. The van der Waals surface area contributed by atoms with Gasteiger partial charge in [0, 0.05) is 61.9 Å². The van der Waals surface area contributed by atoms with E-state index in [4.69, 9.17) is 0 Å². The van der Waals surface area contributed by atoms with Gasteiger partial charge in [-0.15, -0.1) is 10.2 Å². The Balaban J connectivity index is 1.16. The van der Waals surface area contributed by atoms with E-state index in [1.165, 1.54) is 19.3 Å². The first-order valence-corrected chi connectivity index (χ1v) is 13.0. The van der Waals surface area contributed by atoms with Crippen molar-refractivity contribution in [2.24, 2.45) is 5.92 Å². The minimum atomic E-state index is -0.288. The number of carbonyl (C=O) groups is 2. The van der Waals surface area contributed by atoms with Crippen LogP contribution in [-0.4, -0.2) is 72.2 Å². The van der Waals surface area contributed by atoms with Crippen molar-refractivity contribution >= 4 is 45.1 Å². The molecule has 1 aromatic heterocycles. The molecule has 0 aliphatic carbocycles. The lowest BCUT2D eigenvalue weighted by atomic mass is 10.0. The molecule has 0 spiro atoms. The second kappa shape index (κ2) is 9.90. The van der Waals surface area contributed by atoms with Crippen LogP contribution >= 0.6 is 15.9 Å². The number of amides is 2. The van der Waals surface area contributed by atoms with Crippen molar-refractivity contribution in [1.29, 1.82) is 0 Å². The second-order valence-corrected chi connectivity index (χ2v) is 10.4. The van der Waals surface area contributed by atoms with Gasteiger partial charge in [0.1, 0.15) is 0 Å². The van der Waals surface area contributed by atoms with E-state index in [0.29, 0.717) is 25.7 Å². The molecule has 3 fully saturated rings. The van der Waals surface area contributed by atoms with Crippen LogP contribution in [0.25, 0.3) is 0 Å². The van der Waals surface area contributed by atoms with Gasteiger partial charge in [0.05, 0.1) is 5.92 Å². The first-order valence-electron chi connectivity index (χ1n) is 12.2. The lowest BCUT2D eigenvalue weighted by Gasteiger charge is -2.37. The SMILES string of the molecule is CC1CCCCN1c1ccc(N2CCN(C(=O)C3CC(=O)N(c4cccc(Br)c4)C3)CC2)nn1. The molecule has 8 nitrogen and oxygen atoms in total. The van der Waals surface area contributed by atoms with Crippen molar-refractivity contribution in [2.45, 2.75) is 38.6 Å². The highest BCUT2D eigenvalue weighted by atomic mass is 79.9. The zero-order valence-corrected chi connectivity index (χ0v) is 21.2. The van der Waals surface area contributed by atoms with E-state index >= 15 is 0 Å². The van der Waals surface area contributed by atoms with Gasteiger partial charge in [-0.1, -0.05) is 22.0 Å². The molecule has 2 amide bonds. The summed E-state index contributed by atoms with van der Waals surface area (Å²) in [7, 11) is 0. The molecule has 0 N–H and O–H groups in total. The molecule has 180 valence electrons. The molecule has 2 aromatic rings. The molecule has 2 atom stereocenters. The Hall–Kier alpha value is -2.68. The highest BCUT2D eigenvalue weighted by Crippen LogP contribution is 2.29. The summed E-state index contributed by atoms with van der Waals surface area (Å²) < 4.78 is 0.922. The average molecular weight is 527 g/mol. The minimum Gasteiger partial charge on any atom is -0.352 e. The summed E-state index contributed by atoms with van der Waals surface area (Å²) in [5.41, 5.74) is 0.834. The molecule has 34 heavy (non-hydrogen) atoms. The van der Waals surface area contributed by atoms with Crippen molar-refractivity contribution in [3.8, 4) is 0 Å². The maximum absolute atomic E-state index is 13.2. The van der Waals surface area contributed by atoms with Crippen molar-refractivity contribution in [2.75, 3.05) is 54.0 Å². The Morgan fingerprint density at radius 2 is 1.76 bits per heavy atom. The molecule has 1 aromatic carbocycles. The number of aromatic nitrogens is 2. The number of anilines is 3. The van der Waals surface area contributed by atoms with Gasteiger partial charge in [-0.2, -0.15) is 0 Å². The van der Waals surface area contributed by atoms with Gasteiger partial charge < -0.3 is 19.6 Å². The molecule has 2 unspecified atom stereocenters. The molecule has 5 rings (SSSR count). The summed E-state index contributed by atoms with van der Waals surface area (Å²) in [5.74, 6) is 1.60. The van der Waals surface area contributed by atoms with E-state index < -0.39 is 0 Å². The van der Waals surface area contributed by atoms with Crippen molar-refractivity contribution < 1.29 is 9.59 Å². The van der Waals surface area contributed by atoms with Crippen molar-refractivity contribution in [1.82, 2.24) is 15.1 Å². The molecular weight excluding hydrogens is 496 g/mol. The predicted molar refractivity (Wildman–Crippen MR) is 136 cm³/mol. The van der Waals surface area contributed by atoms with Crippen LogP contribution in [0.1, 0.15) is 32.6 Å². The molecule has 3 saturated heterocycles. The quantitative estimate of drug-likeness (QED) is 0.608. The van der Waals surface area contributed by atoms with Gasteiger partial charge in [0.25, 0.3) is 0 Å². The van der Waals surface area contributed by atoms with Crippen LogP contribution < -0.4 is 14.7 Å². The zero-order chi connectivity index (χ0) is 23.7. The molecule has 0 bridgehead atoms. The first-order chi connectivity index (χ1) is 16.5. The second-order valence-electron chi connectivity index (χ2n) is 9.49. The summed E-state index contributed by atoms with van der Waals surface area (Å²) in [6.45, 7) is 6.43. The molecule has 0 saturated carbocycles. The third-order valence-corrected chi connectivity index (χ3v) is 7.74. The number of hydrogen-bond acceptors (Lipinski definition) is 6. The van der Waals surface area contributed by atoms with Crippen molar-refractivity contribution in [3.63, 3.8) is 0 Å². The topological polar surface area (TPSA) is 72.9 Å². The molecule has 0 radical (unpaired) electrons. The van der Waals surface area contributed by atoms with E-state index in [2.05, 4.69) is 48.9 Å². The Morgan fingerprint density at radius 1 is 1.00 bits per heavy atom. The van der Waals surface area contributed by atoms with Gasteiger partial charge in [0.2, 0.25) is 11.8 Å². The average Bonchev–Trinajstić information content (AvgIpc) is 3.26. The van der Waals surface area contributed by atoms with E-state index in [0.717, 1.165) is 41.4 Å². The summed E-state index contributed by atoms with van der Waals surface area (Å²) in [4.78, 5) is 33.9. The summed E-state index contributed by atoms with van der Waals surface area (Å²) in [6, 6.07) is 12.3. The van der Waals surface area contributed by atoms with Crippen LogP contribution in [0.2, 0.25) is 0 Å². The number of nitrogens with zero attached hydrogens (tertiary/aromatic N) is 6. The summed E-state index contributed by atoms with van der Waals surface area (Å²) in [6.07, 6.45) is 3.96. The van der Waals surface area contributed by atoms with E-state index in [9.17, 15) is 9.59 Å². The van der Waals surface area contributed by atoms with Gasteiger partial charge in [-0.05, 0) is 56.5 Å². The van der Waals surface area contributed by atoms with Crippen LogP contribution in [0.5, 0.6) is 0 Å². The minimum absolute atomic E-state index is 0.00785. The highest BCUT2D eigenvalue weighted by Gasteiger charge is 2.38. The Kier molecular flexibility index (Phi) is 6.72. The van der Waals surface area contributed by atoms with E-state index in [1.807, 2.05) is 35.2 Å². The van der Waals surface area contributed by atoms with Gasteiger partial charge >= 0.3 is 0 Å². The molecule has 4 heterocycles. The summed E-state index contributed by atoms with van der Waals surface area (Å²) in [5, 5.41) is 9.00. The number of piperidine rings is 1. The molecule has 9 heteroatoms. The number of piperazine rings is 1. The number of rotatable bonds is 4. The first kappa shape index (κ1) is 23.1. The predicted octanol–water partition coefficient (Wildman–Crippen LogP) is 3.32. The lowest BCUT2D eigenvalue weighted by molar-refractivity contribution is -0.136. The number of hydrogen-bond donors (Lipinski definition) is 0. The normalized spacial score (nSPS) is 23.5. The molecule has 3 aliphatic heterocycles. The Bertz CT molecular complexity index is 1040. The number of halogens is 1. The maximum Gasteiger partial charge on any atom is 0.228 e. The highest BCUT2D eigenvalue weighted by molar-refractivity contribution is 9.10. The standard InChI is InChI=1S/C25H31BrN6O2/c1-18-5-2-3-10-31(18)23-9-8-22(27-28-23)29-11-13-30(14-12-29)25(34)19-15-24(33)32(17-19)21-7-4-6-20(26)16-21/h4,6-9,16,18-19H,2-3,5,10-15,17H2,1H3. The lowest BCUT2D eigenvalue weighted by Crippen LogP contribution is -2.51. The van der Waals surface area contributed by atoms with E-state index in [-0.39, 0.29) is 24.2 Å². The summed E-state index contributed by atoms with van der Waals surface area (Å²) >= 11 is 3.46. The Morgan fingerprint density at radius 3 is 2.47 bits per heavy atom. The largest absolute Gasteiger partial charge is 0.352 e. The monoisotopic (exact) mass is 526 g/mol. The van der Waals surface area contributed by atoms with Gasteiger partial charge in [-0.25, -0.2) is 0 Å². The third kappa shape index (κ3) is 4.76. The fraction of sp³-hybridized carbons (Fsp3) is 0.520. The van der Waals surface area contributed by atoms with Crippen LogP contribution in [0, 0.1) is 5.92 Å². The van der Waals surface area contributed by atoms with Crippen LogP contribution in [0.15, 0.2) is 40.9 Å². The molecular formula is C25H31BrN6O2. The fourth-order valence-electron chi connectivity index (χ4n) is 5.26. The maximum atomic E-state index is 13.2.